The highest BCUT2D eigenvalue weighted by atomic mass is 16.6. The Hall–Kier alpha value is -1.16. The molecule has 0 aliphatic carbocycles. The Kier molecular flexibility index (Phi) is 3.41. The number of ether oxygens (including phenoxy) is 2. The highest BCUT2D eigenvalue weighted by Crippen LogP contribution is 2.20. The molecule has 1 aliphatic heterocycles. The summed E-state index contributed by atoms with van der Waals surface area (Å²) in [5.74, 6) is -0.480. The summed E-state index contributed by atoms with van der Waals surface area (Å²) in [6, 6.07) is 0. The summed E-state index contributed by atoms with van der Waals surface area (Å²) in [4.78, 5) is 22.0. The molecule has 4 heteroatoms. The number of carbonyl (C=O) groups excluding carboxylic acids is 2. The van der Waals surface area contributed by atoms with E-state index in [-0.39, 0.29) is 18.3 Å². The highest BCUT2D eigenvalue weighted by molar-refractivity contribution is 5.87. The van der Waals surface area contributed by atoms with Crippen LogP contribution in [0, 0.1) is 0 Å². The van der Waals surface area contributed by atoms with Gasteiger partial charge in [0.2, 0.25) is 0 Å². The maximum atomic E-state index is 11.2. The minimum absolute atomic E-state index is 0.0139. The van der Waals surface area contributed by atoms with E-state index in [1.54, 1.807) is 6.92 Å². The van der Waals surface area contributed by atoms with Crippen LogP contribution in [-0.4, -0.2) is 30.6 Å². The Morgan fingerprint density at radius 2 is 2.14 bits per heavy atom. The first-order chi connectivity index (χ1) is 6.50. The van der Waals surface area contributed by atoms with E-state index in [0.29, 0.717) is 12.2 Å². The second-order valence-electron chi connectivity index (χ2n) is 3.50. The van der Waals surface area contributed by atoms with Crippen molar-refractivity contribution < 1.29 is 19.1 Å². The molecule has 4 nitrogen and oxygen atoms in total. The van der Waals surface area contributed by atoms with Gasteiger partial charge in [-0.1, -0.05) is 6.58 Å². The maximum absolute atomic E-state index is 11.2. The van der Waals surface area contributed by atoms with Gasteiger partial charge in [-0.25, -0.2) is 4.79 Å². The molecule has 0 aromatic rings. The number of ketones is 1. The van der Waals surface area contributed by atoms with Crippen molar-refractivity contribution in [1.82, 2.24) is 0 Å². The lowest BCUT2D eigenvalue weighted by Gasteiger charge is -2.13. The number of Topliss-reactive ketones (excluding diaryl/α,β-unsaturated/α-hetero) is 1. The minimum Gasteiger partial charge on any atom is -0.456 e. The number of carbonyl (C=O) groups is 2. The van der Waals surface area contributed by atoms with E-state index in [1.807, 2.05) is 0 Å². The van der Waals surface area contributed by atoms with Crippen LogP contribution in [0.4, 0.5) is 0 Å². The molecule has 1 aliphatic rings. The van der Waals surface area contributed by atoms with Crippen molar-refractivity contribution in [2.24, 2.45) is 0 Å². The summed E-state index contributed by atoms with van der Waals surface area (Å²) in [6.07, 6.45) is -0.345. The van der Waals surface area contributed by atoms with Gasteiger partial charge in [-0.05, 0) is 13.8 Å². The average molecular weight is 198 g/mol. The van der Waals surface area contributed by atoms with E-state index in [4.69, 9.17) is 9.47 Å². The van der Waals surface area contributed by atoms with Crippen molar-refractivity contribution in [3.63, 3.8) is 0 Å². The third kappa shape index (κ3) is 3.30. The topological polar surface area (TPSA) is 55.9 Å². The fourth-order valence-corrected chi connectivity index (χ4v) is 1.04. The van der Waals surface area contributed by atoms with Crippen LogP contribution in [0.25, 0.3) is 0 Å². The maximum Gasteiger partial charge on any atom is 0.333 e. The fourth-order valence-electron chi connectivity index (χ4n) is 1.04. The SMILES string of the molecule is C=C(C)C(=O)OC(CC(C)=O)C1CO1. The number of esters is 1. The smallest absolute Gasteiger partial charge is 0.333 e. The van der Waals surface area contributed by atoms with Crippen LogP contribution in [0.1, 0.15) is 20.3 Å². The Morgan fingerprint density at radius 3 is 2.50 bits per heavy atom. The quantitative estimate of drug-likeness (QED) is 0.373. The molecule has 78 valence electrons. The van der Waals surface area contributed by atoms with E-state index in [0.717, 1.165) is 0 Å². The van der Waals surface area contributed by atoms with Gasteiger partial charge in [-0.2, -0.15) is 0 Å². The molecule has 0 aromatic heterocycles. The van der Waals surface area contributed by atoms with Gasteiger partial charge in [-0.15, -0.1) is 0 Å². The first kappa shape index (κ1) is 10.9. The van der Waals surface area contributed by atoms with Gasteiger partial charge < -0.3 is 9.47 Å². The summed E-state index contributed by atoms with van der Waals surface area (Å²) in [7, 11) is 0. The zero-order valence-corrected chi connectivity index (χ0v) is 8.41. The predicted molar refractivity (Wildman–Crippen MR) is 49.7 cm³/mol. The van der Waals surface area contributed by atoms with Crippen molar-refractivity contribution in [1.29, 1.82) is 0 Å². The average Bonchev–Trinajstić information content (AvgIpc) is 2.83. The molecular formula is C10H14O4. The van der Waals surface area contributed by atoms with Crippen molar-refractivity contribution in [2.75, 3.05) is 6.61 Å². The summed E-state index contributed by atoms with van der Waals surface area (Å²) in [6.45, 7) is 7.06. The largest absolute Gasteiger partial charge is 0.456 e. The predicted octanol–water partition coefficient (Wildman–Crippen LogP) is 0.852. The molecule has 0 saturated carbocycles. The van der Waals surface area contributed by atoms with E-state index in [2.05, 4.69) is 6.58 Å². The Balaban J connectivity index is 2.46. The van der Waals surface area contributed by atoms with Crippen molar-refractivity contribution in [3.8, 4) is 0 Å². The number of hydrogen-bond acceptors (Lipinski definition) is 4. The van der Waals surface area contributed by atoms with Crippen molar-refractivity contribution in [2.45, 2.75) is 32.5 Å². The van der Waals surface area contributed by atoms with Crippen LogP contribution in [-0.2, 0) is 19.1 Å². The molecule has 2 unspecified atom stereocenters. The van der Waals surface area contributed by atoms with Crippen LogP contribution in [0.15, 0.2) is 12.2 Å². The highest BCUT2D eigenvalue weighted by Gasteiger charge is 2.36. The summed E-state index contributed by atoms with van der Waals surface area (Å²) >= 11 is 0. The molecule has 0 radical (unpaired) electrons. The van der Waals surface area contributed by atoms with E-state index >= 15 is 0 Å². The number of rotatable bonds is 5. The zero-order chi connectivity index (χ0) is 10.7. The van der Waals surface area contributed by atoms with Gasteiger partial charge in [0.05, 0.1) is 6.61 Å². The summed E-state index contributed by atoms with van der Waals surface area (Å²) in [5.41, 5.74) is 0.333. The van der Waals surface area contributed by atoms with E-state index < -0.39 is 12.1 Å². The molecule has 0 spiro atoms. The molecule has 0 aromatic carbocycles. The summed E-state index contributed by atoms with van der Waals surface area (Å²) in [5, 5.41) is 0. The van der Waals surface area contributed by atoms with Gasteiger partial charge in [0, 0.05) is 12.0 Å². The molecular weight excluding hydrogens is 184 g/mol. The normalized spacial score (nSPS) is 21.1. The third-order valence-corrected chi connectivity index (χ3v) is 1.87. The molecule has 14 heavy (non-hydrogen) atoms. The lowest BCUT2D eigenvalue weighted by Crippen LogP contribution is -2.26. The van der Waals surface area contributed by atoms with Crippen LogP contribution in [0.2, 0.25) is 0 Å². The standard InChI is InChI=1S/C10H14O4/c1-6(2)10(12)14-8(4-7(3)11)9-5-13-9/h8-9H,1,4-5H2,2-3H3. The summed E-state index contributed by atoms with van der Waals surface area (Å²) < 4.78 is 10.1. The lowest BCUT2D eigenvalue weighted by atomic mass is 10.1. The molecule has 2 atom stereocenters. The van der Waals surface area contributed by atoms with Gasteiger partial charge in [0.1, 0.15) is 18.0 Å². The number of epoxide rings is 1. The molecule has 0 amide bonds. The fraction of sp³-hybridized carbons (Fsp3) is 0.600. The van der Waals surface area contributed by atoms with Crippen LogP contribution < -0.4 is 0 Å². The first-order valence-electron chi connectivity index (χ1n) is 4.48. The van der Waals surface area contributed by atoms with Crippen LogP contribution in [0.3, 0.4) is 0 Å². The Bertz CT molecular complexity index is 265. The molecule has 1 heterocycles. The second kappa shape index (κ2) is 4.37. The molecule has 1 saturated heterocycles. The van der Waals surface area contributed by atoms with Gasteiger partial charge in [0.25, 0.3) is 0 Å². The monoisotopic (exact) mass is 198 g/mol. The third-order valence-electron chi connectivity index (χ3n) is 1.87. The van der Waals surface area contributed by atoms with E-state index in [9.17, 15) is 9.59 Å². The van der Waals surface area contributed by atoms with Crippen LogP contribution >= 0.6 is 0 Å². The Morgan fingerprint density at radius 1 is 1.57 bits per heavy atom. The Labute approximate surface area is 82.9 Å². The van der Waals surface area contributed by atoms with Crippen molar-refractivity contribution in [3.05, 3.63) is 12.2 Å². The molecule has 1 fully saturated rings. The second-order valence-corrected chi connectivity index (χ2v) is 3.50. The molecule has 0 N–H and O–H groups in total. The van der Waals surface area contributed by atoms with Crippen molar-refractivity contribution >= 4 is 11.8 Å². The van der Waals surface area contributed by atoms with Gasteiger partial charge in [0.15, 0.2) is 0 Å². The van der Waals surface area contributed by atoms with Gasteiger partial charge >= 0.3 is 5.97 Å². The first-order valence-corrected chi connectivity index (χ1v) is 4.48. The minimum atomic E-state index is -0.466. The molecule has 0 bridgehead atoms. The number of hydrogen-bond donors (Lipinski definition) is 0. The molecule has 1 rings (SSSR count). The van der Waals surface area contributed by atoms with Crippen LogP contribution in [0.5, 0.6) is 0 Å². The van der Waals surface area contributed by atoms with Gasteiger partial charge in [-0.3, -0.25) is 4.79 Å². The zero-order valence-electron chi connectivity index (χ0n) is 8.41. The lowest BCUT2D eigenvalue weighted by molar-refractivity contribution is -0.146. The van der Waals surface area contributed by atoms with E-state index in [1.165, 1.54) is 6.92 Å².